The summed E-state index contributed by atoms with van der Waals surface area (Å²) in [6.45, 7) is 2.17. The van der Waals surface area contributed by atoms with Crippen LogP contribution in [0.2, 0.25) is 0 Å². The number of hydrogen-bond donors (Lipinski definition) is 2. The van der Waals surface area contributed by atoms with Crippen molar-refractivity contribution in [3.05, 3.63) is 0 Å². The molecule has 2 rings (SSSR count). The van der Waals surface area contributed by atoms with Gasteiger partial charge in [0.2, 0.25) is 0 Å². The van der Waals surface area contributed by atoms with Crippen molar-refractivity contribution in [1.82, 2.24) is 9.44 Å². The molecule has 0 heterocycles. The minimum Gasteiger partial charge on any atom is -0.199 e. The molecule has 2 atom stereocenters. The molecule has 0 bridgehead atoms. The van der Waals surface area contributed by atoms with Gasteiger partial charge in [-0.25, -0.2) is 0 Å². The Kier molecular flexibility index (Phi) is 2.81. The highest BCUT2D eigenvalue weighted by molar-refractivity contribution is 7.87. The minimum atomic E-state index is -3.23. The summed E-state index contributed by atoms with van der Waals surface area (Å²) in [5, 5.41) is 0. The van der Waals surface area contributed by atoms with Crippen molar-refractivity contribution >= 4 is 10.2 Å². The van der Waals surface area contributed by atoms with Gasteiger partial charge in [0.05, 0.1) is 0 Å². The highest BCUT2D eigenvalue weighted by Gasteiger charge is 2.30. The smallest absolute Gasteiger partial charge is 0.199 e. The number of nitrogens with one attached hydrogen (secondary N) is 2. The summed E-state index contributed by atoms with van der Waals surface area (Å²) in [6, 6.07) is 0.354. The van der Waals surface area contributed by atoms with Crippen LogP contribution in [0, 0.1) is 5.92 Å². The third-order valence-corrected chi connectivity index (χ3v) is 4.20. The van der Waals surface area contributed by atoms with Gasteiger partial charge in [0.25, 0.3) is 10.2 Å². The van der Waals surface area contributed by atoms with Crippen LogP contribution in [-0.4, -0.2) is 20.5 Å². The molecule has 0 aromatic heterocycles. The zero-order chi connectivity index (χ0) is 10.2. The van der Waals surface area contributed by atoms with Crippen LogP contribution in [0.25, 0.3) is 0 Å². The molecule has 0 aromatic carbocycles. The molecular formula is C9H18N2O2S. The van der Waals surface area contributed by atoms with Gasteiger partial charge in [0.15, 0.2) is 0 Å². The molecule has 0 aliphatic heterocycles. The Morgan fingerprint density at radius 3 is 2.07 bits per heavy atom. The summed E-state index contributed by atoms with van der Waals surface area (Å²) >= 11 is 0. The SMILES string of the molecule is CC1CCC(NS(=O)(=O)NC2CC2)C1. The fourth-order valence-corrected chi connectivity index (χ4v) is 3.38. The lowest BCUT2D eigenvalue weighted by Crippen LogP contribution is -2.42. The summed E-state index contributed by atoms with van der Waals surface area (Å²) in [4.78, 5) is 0. The zero-order valence-electron chi connectivity index (χ0n) is 8.49. The van der Waals surface area contributed by atoms with Crippen LogP contribution in [0.3, 0.4) is 0 Å². The van der Waals surface area contributed by atoms with E-state index in [9.17, 15) is 8.42 Å². The van der Waals surface area contributed by atoms with Gasteiger partial charge >= 0.3 is 0 Å². The van der Waals surface area contributed by atoms with Crippen molar-refractivity contribution in [2.45, 2.75) is 51.1 Å². The Bertz CT molecular complexity index is 298. The normalized spacial score (nSPS) is 33.5. The van der Waals surface area contributed by atoms with E-state index in [1.165, 1.54) is 0 Å². The molecule has 0 aromatic rings. The lowest BCUT2D eigenvalue weighted by atomic mass is 10.1. The second-order valence-corrected chi connectivity index (χ2v) is 6.11. The van der Waals surface area contributed by atoms with Crippen LogP contribution in [-0.2, 0) is 10.2 Å². The predicted octanol–water partition coefficient (Wildman–Crippen LogP) is 0.761. The first-order valence-corrected chi connectivity index (χ1v) is 6.83. The highest BCUT2D eigenvalue weighted by atomic mass is 32.2. The first-order chi connectivity index (χ1) is 6.55. The molecule has 14 heavy (non-hydrogen) atoms. The molecular weight excluding hydrogens is 200 g/mol. The molecule has 0 spiro atoms. The quantitative estimate of drug-likeness (QED) is 0.732. The second kappa shape index (κ2) is 3.79. The van der Waals surface area contributed by atoms with E-state index in [0.29, 0.717) is 5.92 Å². The van der Waals surface area contributed by atoms with Crippen LogP contribution in [0.5, 0.6) is 0 Å². The maximum atomic E-state index is 11.5. The molecule has 2 aliphatic carbocycles. The molecule has 0 amide bonds. The summed E-state index contributed by atoms with van der Waals surface area (Å²) in [6.07, 6.45) is 5.07. The van der Waals surface area contributed by atoms with Crippen molar-refractivity contribution in [2.24, 2.45) is 5.92 Å². The Morgan fingerprint density at radius 2 is 1.57 bits per heavy atom. The van der Waals surface area contributed by atoms with E-state index >= 15 is 0 Å². The topological polar surface area (TPSA) is 58.2 Å². The van der Waals surface area contributed by atoms with Gasteiger partial charge in [0.1, 0.15) is 0 Å². The van der Waals surface area contributed by atoms with Gasteiger partial charge in [-0.1, -0.05) is 6.92 Å². The molecule has 4 nitrogen and oxygen atoms in total. The van der Waals surface area contributed by atoms with Gasteiger partial charge in [-0.3, -0.25) is 0 Å². The van der Waals surface area contributed by atoms with Crippen LogP contribution in [0.4, 0.5) is 0 Å². The van der Waals surface area contributed by atoms with Crippen molar-refractivity contribution in [3.63, 3.8) is 0 Å². The Labute approximate surface area is 85.6 Å². The molecule has 2 fully saturated rings. The van der Waals surface area contributed by atoms with E-state index in [1.54, 1.807) is 0 Å². The summed E-state index contributed by atoms with van der Waals surface area (Å²) in [5.74, 6) is 0.656. The van der Waals surface area contributed by atoms with Crippen molar-refractivity contribution in [2.75, 3.05) is 0 Å². The first kappa shape index (κ1) is 10.4. The van der Waals surface area contributed by atoms with Crippen molar-refractivity contribution < 1.29 is 8.42 Å². The molecule has 2 unspecified atom stereocenters. The van der Waals surface area contributed by atoms with Gasteiger partial charge in [-0.15, -0.1) is 0 Å². The molecule has 2 aliphatic rings. The first-order valence-electron chi connectivity index (χ1n) is 5.35. The maximum Gasteiger partial charge on any atom is 0.277 e. The van der Waals surface area contributed by atoms with Gasteiger partial charge in [0, 0.05) is 12.1 Å². The van der Waals surface area contributed by atoms with E-state index < -0.39 is 10.2 Å². The van der Waals surface area contributed by atoms with Gasteiger partial charge < -0.3 is 0 Å². The van der Waals surface area contributed by atoms with Crippen LogP contribution >= 0.6 is 0 Å². The fraction of sp³-hybridized carbons (Fsp3) is 1.00. The predicted molar refractivity (Wildman–Crippen MR) is 55.0 cm³/mol. The van der Waals surface area contributed by atoms with E-state index in [4.69, 9.17) is 0 Å². The molecule has 0 radical (unpaired) electrons. The van der Waals surface area contributed by atoms with E-state index in [1.807, 2.05) is 0 Å². The lowest BCUT2D eigenvalue weighted by Gasteiger charge is -2.13. The second-order valence-electron chi connectivity index (χ2n) is 4.63. The molecule has 0 saturated heterocycles. The summed E-state index contributed by atoms with van der Waals surface area (Å²) < 4.78 is 28.4. The Morgan fingerprint density at radius 1 is 1.00 bits per heavy atom. The van der Waals surface area contributed by atoms with Crippen molar-refractivity contribution in [3.8, 4) is 0 Å². The minimum absolute atomic E-state index is 0.154. The van der Waals surface area contributed by atoms with E-state index in [0.717, 1.165) is 32.1 Å². The zero-order valence-corrected chi connectivity index (χ0v) is 9.31. The number of rotatable bonds is 4. The van der Waals surface area contributed by atoms with E-state index in [2.05, 4.69) is 16.4 Å². The third kappa shape index (κ3) is 2.93. The van der Waals surface area contributed by atoms with Crippen molar-refractivity contribution in [1.29, 1.82) is 0 Å². The molecule has 2 saturated carbocycles. The lowest BCUT2D eigenvalue weighted by molar-refractivity contribution is 0.527. The summed E-state index contributed by atoms with van der Waals surface area (Å²) in [7, 11) is -3.23. The fourth-order valence-electron chi connectivity index (χ4n) is 1.99. The van der Waals surface area contributed by atoms with Crippen LogP contribution in [0.15, 0.2) is 0 Å². The largest absolute Gasteiger partial charge is 0.277 e. The third-order valence-electron chi connectivity index (χ3n) is 2.92. The molecule has 5 heteroatoms. The van der Waals surface area contributed by atoms with Crippen LogP contribution in [0.1, 0.15) is 39.0 Å². The van der Waals surface area contributed by atoms with Gasteiger partial charge in [-0.2, -0.15) is 17.9 Å². The Balaban J connectivity index is 1.83. The monoisotopic (exact) mass is 218 g/mol. The van der Waals surface area contributed by atoms with E-state index in [-0.39, 0.29) is 12.1 Å². The standard InChI is InChI=1S/C9H18N2O2S/c1-7-2-3-9(6-7)11-14(12,13)10-8-4-5-8/h7-11H,2-6H2,1H3. The maximum absolute atomic E-state index is 11.5. The van der Waals surface area contributed by atoms with Gasteiger partial charge in [-0.05, 0) is 38.0 Å². The molecule has 82 valence electrons. The Hall–Kier alpha value is -0.130. The molecule has 2 N–H and O–H groups in total. The average Bonchev–Trinajstić information content (AvgIpc) is 2.74. The average molecular weight is 218 g/mol. The number of hydrogen-bond acceptors (Lipinski definition) is 2. The summed E-state index contributed by atoms with van der Waals surface area (Å²) in [5.41, 5.74) is 0. The highest BCUT2D eigenvalue weighted by Crippen LogP contribution is 2.25. The van der Waals surface area contributed by atoms with Crippen LogP contribution < -0.4 is 9.44 Å².